The molecule has 0 aliphatic rings. The third-order valence-electron chi connectivity index (χ3n) is 1.75. The fraction of sp³-hybridized carbons (Fsp3) is 0. The maximum atomic E-state index is 5.64. The zero-order valence-electron chi connectivity index (χ0n) is 6.34. The van der Waals surface area contributed by atoms with Crippen molar-refractivity contribution in [3.05, 3.63) is 40.0 Å². The molecule has 2 heteroatoms. The second kappa shape index (κ2) is 2.94. The first-order chi connectivity index (χ1) is 5.77. The van der Waals surface area contributed by atoms with Gasteiger partial charge in [0.25, 0.3) is 0 Å². The molecule has 2 N–H and O–H groups in total. The van der Waals surface area contributed by atoms with Gasteiger partial charge < -0.3 is 5.73 Å². The first kappa shape index (κ1) is 7.86. The quantitative estimate of drug-likeness (QED) is 0.577. The fourth-order valence-corrected chi connectivity index (χ4v) is 1.86. The van der Waals surface area contributed by atoms with E-state index in [2.05, 4.69) is 34.7 Å². The largest absolute Gasteiger partial charge is 0.399 e. The monoisotopic (exact) mass is 268 g/mol. The molecule has 0 spiro atoms. The van der Waals surface area contributed by atoms with Gasteiger partial charge >= 0.3 is 0 Å². The van der Waals surface area contributed by atoms with E-state index >= 15 is 0 Å². The van der Waals surface area contributed by atoms with Gasteiger partial charge in [0.15, 0.2) is 0 Å². The number of anilines is 1. The molecule has 0 fully saturated rings. The first-order valence-electron chi connectivity index (χ1n) is 3.63. The molecule has 0 unspecified atom stereocenters. The van der Waals surface area contributed by atoms with E-state index in [0.29, 0.717) is 0 Å². The number of nitrogens with two attached hydrogens (primary N) is 1. The predicted molar refractivity (Wildman–Crippen MR) is 59.9 cm³/mol. The highest BCUT2D eigenvalue weighted by atomic mass is 127. The van der Waals surface area contributed by atoms with E-state index in [1.54, 1.807) is 0 Å². The van der Waals surface area contributed by atoms with Gasteiger partial charge in [0.1, 0.15) is 0 Å². The Bertz CT molecular complexity index is 423. The number of halogens is 1. The van der Waals surface area contributed by atoms with Gasteiger partial charge in [-0.15, -0.1) is 0 Å². The van der Waals surface area contributed by atoms with E-state index in [-0.39, 0.29) is 0 Å². The predicted octanol–water partition coefficient (Wildman–Crippen LogP) is 2.83. The maximum absolute atomic E-state index is 5.64. The van der Waals surface area contributed by atoms with E-state index in [1.165, 1.54) is 3.57 Å². The highest BCUT2D eigenvalue weighted by Gasteiger charge is 1.96. The van der Waals surface area contributed by atoms with Gasteiger partial charge in [-0.2, -0.15) is 0 Å². The Morgan fingerprint density at radius 2 is 2.17 bits per heavy atom. The van der Waals surface area contributed by atoms with Gasteiger partial charge in [0, 0.05) is 14.6 Å². The average molecular weight is 268 g/mol. The second-order valence-electron chi connectivity index (χ2n) is 2.64. The summed E-state index contributed by atoms with van der Waals surface area (Å²) in [4.78, 5) is 0. The molecule has 59 valence electrons. The minimum absolute atomic E-state index is 0.768. The highest BCUT2D eigenvalue weighted by molar-refractivity contribution is 14.1. The van der Waals surface area contributed by atoms with Crippen LogP contribution in [0.3, 0.4) is 0 Å². The van der Waals surface area contributed by atoms with E-state index in [0.717, 1.165) is 16.5 Å². The molecule has 2 aromatic rings. The van der Waals surface area contributed by atoms with Gasteiger partial charge in [0.2, 0.25) is 0 Å². The van der Waals surface area contributed by atoms with E-state index < -0.39 is 0 Å². The van der Waals surface area contributed by atoms with Crippen LogP contribution in [0.25, 0.3) is 10.8 Å². The molecule has 0 aliphatic carbocycles. The summed E-state index contributed by atoms with van der Waals surface area (Å²) in [5.41, 5.74) is 6.41. The number of nitrogen functional groups attached to an aromatic ring is 1. The summed E-state index contributed by atoms with van der Waals surface area (Å²) < 4.78 is 1.21. The van der Waals surface area contributed by atoms with Crippen LogP contribution in [0, 0.1) is 9.64 Å². The van der Waals surface area contributed by atoms with Crippen LogP contribution in [0.4, 0.5) is 5.69 Å². The fourth-order valence-electron chi connectivity index (χ4n) is 1.19. The van der Waals surface area contributed by atoms with Crippen LogP contribution < -0.4 is 5.73 Å². The van der Waals surface area contributed by atoms with Gasteiger partial charge in [-0.05, 0) is 52.2 Å². The molecular weight excluding hydrogens is 261 g/mol. The van der Waals surface area contributed by atoms with Crippen LogP contribution in [0.5, 0.6) is 0 Å². The summed E-state index contributed by atoms with van der Waals surface area (Å²) in [6.07, 6.45) is 0. The topological polar surface area (TPSA) is 26.0 Å². The minimum Gasteiger partial charge on any atom is -0.399 e. The SMILES string of the molecule is Nc1c[c]c2c(I)cccc2c1. The molecule has 0 atom stereocenters. The van der Waals surface area contributed by atoms with Gasteiger partial charge in [-0.25, -0.2) is 0 Å². The molecule has 2 aromatic carbocycles. The molecule has 0 amide bonds. The maximum Gasteiger partial charge on any atom is 0.0326 e. The van der Waals surface area contributed by atoms with Crippen LogP contribution >= 0.6 is 22.6 Å². The Morgan fingerprint density at radius 1 is 1.33 bits per heavy atom. The normalized spacial score (nSPS) is 10.4. The summed E-state index contributed by atoms with van der Waals surface area (Å²) in [6.45, 7) is 0. The summed E-state index contributed by atoms with van der Waals surface area (Å²) in [5, 5.41) is 2.30. The van der Waals surface area contributed by atoms with Crippen molar-refractivity contribution in [3.8, 4) is 0 Å². The first-order valence-corrected chi connectivity index (χ1v) is 4.71. The van der Waals surface area contributed by atoms with Crippen molar-refractivity contribution in [3.63, 3.8) is 0 Å². The number of rotatable bonds is 0. The third kappa shape index (κ3) is 1.27. The van der Waals surface area contributed by atoms with Crippen molar-refractivity contribution in [2.24, 2.45) is 0 Å². The average Bonchev–Trinajstić information content (AvgIpc) is 2.04. The number of benzene rings is 2. The van der Waals surface area contributed by atoms with E-state index in [4.69, 9.17) is 5.73 Å². The highest BCUT2D eigenvalue weighted by Crippen LogP contribution is 2.21. The standard InChI is InChI=1S/C10H7IN/c11-10-3-1-2-7-6-8(12)4-5-9(7)10/h1-4,6H,12H2. The smallest absolute Gasteiger partial charge is 0.0326 e. The molecule has 0 heterocycles. The molecule has 0 aromatic heterocycles. The van der Waals surface area contributed by atoms with Crippen molar-refractivity contribution < 1.29 is 0 Å². The lowest BCUT2D eigenvalue weighted by molar-refractivity contribution is 1.68. The Hall–Kier alpha value is -0.770. The number of hydrogen-bond donors (Lipinski definition) is 1. The summed E-state index contributed by atoms with van der Waals surface area (Å²) in [5.74, 6) is 0. The van der Waals surface area contributed by atoms with Gasteiger partial charge in [0.05, 0.1) is 0 Å². The number of hydrogen-bond acceptors (Lipinski definition) is 1. The Balaban J connectivity index is 2.86. The van der Waals surface area contributed by atoms with Gasteiger partial charge in [-0.1, -0.05) is 12.1 Å². The van der Waals surface area contributed by atoms with Crippen LogP contribution in [-0.2, 0) is 0 Å². The van der Waals surface area contributed by atoms with Crippen molar-refractivity contribution >= 4 is 39.1 Å². The molecule has 0 bridgehead atoms. The van der Waals surface area contributed by atoms with Crippen molar-refractivity contribution in [1.82, 2.24) is 0 Å². The van der Waals surface area contributed by atoms with Crippen LogP contribution in [0.15, 0.2) is 30.3 Å². The zero-order valence-corrected chi connectivity index (χ0v) is 8.50. The Kier molecular flexibility index (Phi) is 1.92. The van der Waals surface area contributed by atoms with Gasteiger partial charge in [-0.3, -0.25) is 0 Å². The molecular formula is C10H7IN. The zero-order chi connectivity index (χ0) is 8.55. The minimum atomic E-state index is 0.768. The molecule has 0 saturated carbocycles. The lowest BCUT2D eigenvalue weighted by Crippen LogP contribution is -1.84. The summed E-state index contributed by atoms with van der Waals surface area (Å²) in [6, 6.07) is 13.1. The molecule has 12 heavy (non-hydrogen) atoms. The molecule has 2 rings (SSSR count). The molecule has 0 aliphatic heterocycles. The van der Waals surface area contributed by atoms with Crippen LogP contribution in [0.2, 0.25) is 0 Å². The lowest BCUT2D eigenvalue weighted by atomic mass is 10.1. The van der Waals surface area contributed by atoms with Crippen LogP contribution in [0.1, 0.15) is 0 Å². The molecule has 1 nitrogen and oxygen atoms in total. The third-order valence-corrected chi connectivity index (χ3v) is 2.65. The Labute approximate surface area is 84.7 Å². The van der Waals surface area contributed by atoms with Crippen molar-refractivity contribution in [2.75, 3.05) is 5.73 Å². The van der Waals surface area contributed by atoms with E-state index in [1.807, 2.05) is 24.3 Å². The molecule has 0 saturated heterocycles. The lowest BCUT2D eigenvalue weighted by Gasteiger charge is -2.00. The summed E-state index contributed by atoms with van der Waals surface area (Å²) in [7, 11) is 0. The Morgan fingerprint density at radius 3 is 3.00 bits per heavy atom. The van der Waals surface area contributed by atoms with E-state index in [9.17, 15) is 0 Å². The van der Waals surface area contributed by atoms with Crippen molar-refractivity contribution in [1.29, 1.82) is 0 Å². The second-order valence-corrected chi connectivity index (χ2v) is 3.80. The van der Waals surface area contributed by atoms with Crippen LogP contribution in [-0.4, -0.2) is 0 Å². The van der Waals surface area contributed by atoms with Crippen molar-refractivity contribution in [2.45, 2.75) is 0 Å². The number of fused-ring (bicyclic) bond motifs is 1. The molecule has 1 radical (unpaired) electrons. The summed E-state index contributed by atoms with van der Waals surface area (Å²) >= 11 is 2.30.